The molecule has 5 rings (SSSR count). The van der Waals surface area contributed by atoms with Gasteiger partial charge < -0.3 is 18.9 Å². The average Bonchev–Trinajstić information content (AvgIpc) is 3.17. The minimum absolute atomic E-state index is 0.111. The van der Waals surface area contributed by atoms with Crippen LogP contribution in [-0.2, 0) is 13.0 Å². The molecule has 0 N–H and O–H groups in total. The number of carbonyl (C=O) groups excluding carboxylic acids is 1. The number of benzene rings is 3. The van der Waals surface area contributed by atoms with Crippen molar-refractivity contribution in [3.8, 4) is 23.0 Å². The van der Waals surface area contributed by atoms with Gasteiger partial charge >= 0.3 is 0 Å². The number of methoxy groups -OCH3 is 2. The second-order valence-corrected chi connectivity index (χ2v) is 9.09. The first-order valence-electron chi connectivity index (χ1n) is 11.0. The van der Waals surface area contributed by atoms with E-state index in [9.17, 15) is 4.79 Å². The molecule has 6 nitrogen and oxygen atoms in total. The van der Waals surface area contributed by atoms with Crippen molar-refractivity contribution in [1.82, 2.24) is 4.90 Å². The molecule has 0 unspecified atom stereocenters. The fraction of sp³-hybridized carbons (Fsp3) is 0.222. The summed E-state index contributed by atoms with van der Waals surface area (Å²) < 4.78 is 23.8. The van der Waals surface area contributed by atoms with E-state index in [4.69, 9.17) is 18.9 Å². The lowest BCUT2D eigenvalue weighted by molar-refractivity contribution is 0.0949. The summed E-state index contributed by atoms with van der Waals surface area (Å²) >= 11 is 3.47. The van der Waals surface area contributed by atoms with Crippen molar-refractivity contribution >= 4 is 27.8 Å². The van der Waals surface area contributed by atoms with Crippen molar-refractivity contribution in [2.24, 2.45) is 0 Å². The Balaban J connectivity index is 1.33. The van der Waals surface area contributed by atoms with Crippen molar-refractivity contribution < 1.29 is 23.7 Å². The molecule has 0 bridgehead atoms. The third kappa shape index (κ3) is 4.41. The predicted molar refractivity (Wildman–Crippen MR) is 133 cm³/mol. The largest absolute Gasteiger partial charge is 0.493 e. The molecular formula is C27H24BrNO5. The first-order chi connectivity index (χ1) is 16.6. The maximum Gasteiger partial charge on any atom is 0.231 e. The molecular weight excluding hydrogens is 498 g/mol. The highest BCUT2D eigenvalue weighted by Gasteiger charge is 2.33. The number of nitrogens with zero attached hydrogens (tertiary/aromatic N) is 1. The van der Waals surface area contributed by atoms with E-state index < -0.39 is 0 Å². The van der Waals surface area contributed by atoms with Gasteiger partial charge in [0.25, 0.3) is 0 Å². The number of allylic oxidation sites excluding steroid dienone is 1. The molecule has 0 radical (unpaired) electrons. The van der Waals surface area contributed by atoms with Crippen LogP contribution in [0.2, 0.25) is 0 Å². The van der Waals surface area contributed by atoms with Gasteiger partial charge in [-0.1, -0.05) is 34.1 Å². The number of rotatable bonds is 6. The van der Waals surface area contributed by atoms with Crippen LogP contribution in [0, 0.1) is 0 Å². The van der Waals surface area contributed by atoms with Crippen molar-refractivity contribution in [2.75, 3.05) is 27.5 Å². The van der Waals surface area contributed by atoms with Gasteiger partial charge in [-0.3, -0.25) is 9.69 Å². The lowest BCUT2D eigenvalue weighted by Gasteiger charge is -2.29. The Bertz CT molecular complexity index is 1290. The standard InChI is InChI=1S/C27H24BrNO5/c1-31-23-8-6-17(13-24(23)32-2)10-11-29-15-21-22(33-16-29)9-7-20-26(30)25(34-27(20)21)14-18-4-3-5-19(28)12-18/h3-9,12-14H,10-11,15-16H2,1-2H3/b25-14-. The summed E-state index contributed by atoms with van der Waals surface area (Å²) in [6, 6.07) is 17.4. The van der Waals surface area contributed by atoms with Crippen LogP contribution in [0.25, 0.3) is 6.08 Å². The van der Waals surface area contributed by atoms with E-state index in [0.717, 1.165) is 45.6 Å². The summed E-state index contributed by atoms with van der Waals surface area (Å²) in [4.78, 5) is 15.2. The van der Waals surface area contributed by atoms with E-state index in [1.807, 2.05) is 48.5 Å². The molecule has 0 atom stereocenters. The van der Waals surface area contributed by atoms with Crippen LogP contribution >= 0.6 is 15.9 Å². The van der Waals surface area contributed by atoms with E-state index >= 15 is 0 Å². The number of carbonyl (C=O) groups is 1. The smallest absolute Gasteiger partial charge is 0.231 e. The third-order valence-electron chi connectivity index (χ3n) is 5.99. The minimum atomic E-state index is -0.111. The lowest BCUT2D eigenvalue weighted by Crippen LogP contribution is -2.33. The summed E-state index contributed by atoms with van der Waals surface area (Å²) in [5, 5.41) is 0. The van der Waals surface area contributed by atoms with E-state index in [2.05, 4.69) is 20.8 Å². The average molecular weight is 522 g/mol. The summed E-state index contributed by atoms with van der Waals surface area (Å²) in [6.07, 6.45) is 2.60. The molecule has 0 amide bonds. The van der Waals surface area contributed by atoms with Crippen LogP contribution in [-0.4, -0.2) is 38.2 Å². The monoisotopic (exact) mass is 521 g/mol. The maximum atomic E-state index is 13.0. The topological polar surface area (TPSA) is 57.2 Å². The van der Waals surface area contributed by atoms with Crippen molar-refractivity contribution in [3.63, 3.8) is 0 Å². The van der Waals surface area contributed by atoms with E-state index in [1.54, 1.807) is 26.4 Å². The molecule has 2 aliphatic heterocycles. The van der Waals surface area contributed by atoms with Crippen LogP contribution in [0.3, 0.4) is 0 Å². The van der Waals surface area contributed by atoms with Gasteiger partial charge in [-0.05, 0) is 60.0 Å². The number of Topliss-reactive ketones (excluding diaryl/α,β-unsaturated/α-hetero) is 1. The maximum absolute atomic E-state index is 13.0. The normalized spacial score (nSPS) is 16.0. The summed E-state index contributed by atoms with van der Waals surface area (Å²) in [5.74, 6) is 3.00. The Labute approximate surface area is 206 Å². The summed E-state index contributed by atoms with van der Waals surface area (Å²) in [6.45, 7) is 1.91. The molecule has 3 aromatic carbocycles. The fourth-order valence-electron chi connectivity index (χ4n) is 4.22. The number of hydrogen-bond acceptors (Lipinski definition) is 6. The third-order valence-corrected chi connectivity index (χ3v) is 6.49. The van der Waals surface area contributed by atoms with E-state index in [0.29, 0.717) is 36.1 Å². The van der Waals surface area contributed by atoms with Gasteiger partial charge in [0, 0.05) is 17.6 Å². The molecule has 0 spiro atoms. The molecule has 3 aromatic rings. The molecule has 2 aliphatic rings. The van der Waals surface area contributed by atoms with Gasteiger partial charge in [-0.15, -0.1) is 0 Å². The van der Waals surface area contributed by atoms with E-state index in [-0.39, 0.29) is 5.78 Å². The van der Waals surface area contributed by atoms with Crippen LogP contribution in [0.5, 0.6) is 23.0 Å². The molecule has 2 heterocycles. The predicted octanol–water partition coefficient (Wildman–Crippen LogP) is 5.48. The molecule has 7 heteroatoms. The van der Waals surface area contributed by atoms with Crippen molar-refractivity contribution in [2.45, 2.75) is 13.0 Å². The van der Waals surface area contributed by atoms with Gasteiger partial charge in [0.15, 0.2) is 17.3 Å². The highest BCUT2D eigenvalue weighted by atomic mass is 79.9. The number of ether oxygens (including phenoxy) is 4. The van der Waals surface area contributed by atoms with Gasteiger partial charge in [0.2, 0.25) is 5.78 Å². The second-order valence-electron chi connectivity index (χ2n) is 8.18. The first-order valence-corrected chi connectivity index (χ1v) is 11.8. The van der Waals surface area contributed by atoms with Gasteiger partial charge in [0.05, 0.1) is 25.3 Å². The highest BCUT2D eigenvalue weighted by molar-refractivity contribution is 9.10. The number of halogens is 1. The Morgan fingerprint density at radius 3 is 2.71 bits per heavy atom. The van der Waals surface area contributed by atoms with Crippen LogP contribution < -0.4 is 18.9 Å². The van der Waals surface area contributed by atoms with Crippen LogP contribution in [0.1, 0.15) is 27.0 Å². The number of ketones is 1. The van der Waals surface area contributed by atoms with Crippen molar-refractivity contribution in [3.05, 3.63) is 87.1 Å². The highest BCUT2D eigenvalue weighted by Crippen LogP contribution is 2.42. The van der Waals surface area contributed by atoms with Gasteiger partial charge in [0.1, 0.15) is 18.2 Å². The van der Waals surface area contributed by atoms with Gasteiger partial charge in [-0.2, -0.15) is 0 Å². The Kier molecular flexibility index (Phi) is 6.30. The SMILES string of the molecule is COc1ccc(CCN2COc3ccc4c(c3C2)O/C(=C\c2cccc(Br)c2)C4=O)cc1OC. The fourth-order valence-corrected chi connectivity index (χ4v) is 4.64. The first kappa shape index (κ1) is 22.5. The molecule has 0 aromatic heterocycles. The zero-order valence-electron chi connectivity index (χ0n) is 19.0. The molecule has 34 heavy (non-hydrogen) atoms. The number of hydrogen-bond donors (Lipinski definition) is 0. The zero-order valence-corrected chi connectivity index (χ0v) is 20.6. The summed E-state index contributed by atoms with van der Waals surface area (Å²) in [7, 11) is 3.27. The zero-order chi connectivity index (χ0) is 23.7. The van der Waals surface area contributed by atoms with Gasteiger partial charge in [-0.25, -0.2) is 0 Å². The number of fused-ring (bicyclic) bond motifs is 3. The molecule has 0 fully saturated rings. The second kappa shape index (κ2) is 9.52. The van der Waals surface area contributed by atoms with Crippen LogP contribution in [0.4, 0.5) is 0 Å². The van der Waals surface area contributed by atoms with Crippen LogP contribution in [0.15, 0.2) is 64.8 Å². The molecule has 0 saturated heterocycles. The Morgan fingerprint density at radius 2 is 1.91 bits per heavy atom. The Morgan fingerprint density at radius 1 is 1.06 bits per heavy atom. The quantitative estimate of drug-likeness (QED) is 0.400. The lowest BCUT2D eigenvalue weighted by atomic mass is 10.0. The molecule has 0 aliphatic carbocycles. The molecule has 0 saturated carbocycles. The minimum Gasteiger partial charge on any atom is -0.493 e. The Hall–Kier alpha value is -3.29. The summed E-state index contributed by atoms with van der Waals surface area (Å²) in [5.41, 5.74) is 3.52. The molecule has 174 valence electrons. The van der Waals surface area contributed by atoms with E-state index in [1.165, 1.54) is 0 Å². The van der Waals surface area contributed by atoms with Crippen molar-refractivity contribution in [1.29, 1.82) is 0 Å².